The van der Waals surface area contributed by atoms with E-state index in [2.05, 4.69) is 39.8 Å². The normalized spacial score (nSPS) is 16.6. The second-order valence-corrected chi connectivity index (χ2v) is 7.74. The first-order valence-corrected chi connectivity index (χ1v) is 10.0. The fourth-order valence-electron chi connectivity index (χ4n) is 3.50. The van der Waals surface area contributed by atoms with Gasteiger partial charge in [-0.1, -0.05) is 6.07 Å². The quantitative estimate of drug-likeness (QED) is 0.805. The van der Waals surface area contributed by atoms with E-state index >= 15 is 0 Å². The van der Waals surface area contributed by atoms with Gasteiger partial charge in [0.05, 0.1) is 24.9 Å². The molecule has 1 atom stereocenters. The lowest BCUT2D eigenvalue weighted by atomic mass is 10.1. The number of thiophene rings is 1. The Morgan fingerprint density at radius 3 is 2.77 bits per heavy atom. The molecule has 0 bridgehead atoms. The van der Waals surface area contributed by atoms with Gasteiger partial charge < -0.3 is 10.1 Å². The van der Waals surface area contributed by atoms with Crippen LogP contribution in [0.3, 0.4) is 0 Å². The van der Waals surface area contributed by atoms with E-state index in [9.17, 15) is 4.79 Å². The van der Waals surface area contributed by atoms with Crippen molar-refractivity contribution in [1.29, 1.82) is 0 Å². The lowest BCUT2D eigenvalue weighted by Crippen LogP contribution is -2.43. The first-order valence-electron chi connectivity index (χ1n) is 9.17. The van der Waals surface area contributed by atoms with Gasteiger partial charge in [-0.2, -0.15) is 5.10 Å². The van der Waals surface area contributed by atoms with E-state index in [4.69, 9.17) is 4.74 Å². The first kappa shape index (κ1) is 19.1. The topological polar surface area (TPSA) is 59.4 Å². The molecule has 1 aliphatic heterocycles. The van der Waals surface area contributed by atoms with Crippen LogP contribution in [0.4, 0.5) is 0 Å². The summed E-state index contributed by atoms with van der Waals surface area (Å²) in [5.41, 5.74) is 3.34. The van der Waals surface area contributed by atoms with Gasteiger partial charge in [0.25, 0.3) is 0 Å². The van der Waals surface area contributed by atoms with Gasteiger partial charge in [-0.3, -0.25) is 14.4 Å². The second-order valence-electron chi connectivity index (χ2n) is 6.76. The van der Waals surface area contributed by atoms with E-state index in [1.54, 1.807) is 11.3 Å². The smallest absolute Gasteiger partial charge is 0.220 e. The van der Waals surface area contributed by atoms with Gasteiger partial charge >= 0.3 is 0 Å². The van der Waals surface area contributed by atoms with Crippen molar-refractivity contribution in [2.45, 2.75) is 32.7 Å². The minimum Gasteiger partial charge on any atom is -0.379 e. The molecule has 0 spiro atoms. The standard InChI is InChI=1S/C19H28N4O2S/c1-14-16(15(2)22(3)21-14)6-7-19(24)20-13-17(18-5-4-12-26-18)23-8-10-25-11-9-23/h4-5,12,17H,6-11,13H2,1-3H3,(H,20,24)/t17-/m1/s1. The van der Waals surface area contributed by atoms with Gasteiger partial charge in [0, 0.05) is 43.7 Å². The molecule has 26 heavy (non-hydrogen) atoms. The number of hydrogen-bond donors (Lipinski definition) is 1. The third-order valence-corrected chi connectivity index (χ3v) is 6.09. The average Bonchev–Trinajstić information content (AvgIpc) is 3.24. The van der Waals surface area contributed by atoms with Crippen molar-refractivity contribution in [2.24, 2.45) is 7.05 Å². The summed E-state index contributed by atoms with van der Waals surface area (Å²) >= 11 is 1.75. The number of nitrogens with one attached hydrogen (secondary N) is 1. The Kier molecular flexibility index (Phi) is 6.45. The fraction of sp³-hybridized carbons (Fsp3) is 0.579. The monoisotopic (exact) mass is 376 g/mol. The number of ether oxygens (including phenoxy) is 1. The third-order valence-electron chi connectivity index (χ3n) is 5.11. The van der Waals surface area contributed by atoms with Gasteiger partial charge in [-0.25, -0.2) is 0 Å². The number of morpholine rings is 1. The Balaban J connectivity index is 1.55. The van der Waals surface area contributed by atoms with Crippen LogP contribution in [0.25, 0.3) is 0 Å². The van der Waals surface area contributed by atoms with Gasteiger partial charge in [-0.15, -0.1) is 11.3 Å². The van der Waals surface area contributed by atoms with E-state index in [0.29, 0.717) is 13.0 Å². The van der Waals surface area contributed by atoms with Crippen molar-refractivity contribution >= 4 is 17.2 Å². The third kappa shape index (κ3) is 4.52. The van der Waals surface area contributed by atoms with E-state index in [1.807, 2.05) is 18.7 Å². The van der Waals surface area contributed by atoms with Crippen molar-refractivity contribution in [3.63, 3.8) is 0 Å². The van der Waals surface area contributed by atoms with E-state index in [0.717, 1.165) is 44.1 Å². The molecule has 1 aliphatic rings. The molecule has 1 fully saturated rings. The van der Waals surface area contributed by atoms with E-state index in [-0.39, 0.29) is 11.9 Å². The van der Waals surface area contributed by atoms with E-state index < -0.39 is 0 Å². The number of aryl methyl sites for hydroxylation is 2. The second kappa shape index (κ2) is 8.79. The molecule has 6 nitrogen and oxygen atoms in total. The zero-order chi connectivity index (χ0) is 18.5. The van der Waals surface area contributed by atoms with Crippen LogP contribution in [0, 0.1) is 13.8 Å². The first-order chi connectivity index (χ1) is 12.6. The number of nitrogens with zero attached hydrogens (tertiary/aromatic N) is 3. The molecule has 2 aromatic rings. The van der Waals surface area contributed by atoms with Crippen molar-refractivity contribution in [3.8, 4) is 0 Å². The molecule has 0 aromatic carbocycles. The molecule has 1 amide bonds. The molecular weight excluding hydrogens is 348 g/mol. The summed E-state index contributed by atoms with van der Waals surface area (Å²) in [7, 11) is 1.94. The van der Waals surface area contributed by atoms with Crippen LogP contribution in [0.2, 0.25) is 0 Å². The molecule has 1 saturated heterocycles. The summed E-state index contributed by atoms with van der Waals surface area (Å²) in [6, 6.07) is 4.45. The number of carbonyl (C=O) groups is 1. The van der Waals surface area contributed by atoms with Crippen molar-refractivity contribution in [3.05, 3.63) is 39.3 Å². The summed E-state index contributed by atoms with van der Waals surface area (Å²) in [6.45, 7) is 8.04. The highest BCUT2D eigenvalue weighted by Gasteiger charge is 2.24. The van der Waals surface area contributed by atoms with Crippen molar-refractivity contribution < 1.29 is 9.53 Å². The van der Waals surface area contributed by atoms with Gasteiger partial charge in [0.15, 0.2) is 0 Å². The minimum absolute atomic E-state index is 0.0995. The molecule has 0 radical (unpaired) electrons. The number of rotatable bonds is 7. The van der Waals surface area contributed by atoms with Crippen LogP contribution in [0.1, 0.15) is 34.3 Å². The molecule has 0 aliphatic carbocycles. The zero-order valence-electron chi connectivity index (χ0n) is 15.8. The number of hydrogen-bond acceptors (Lipinski definition) is 5. The Morgan fingerprint density at radius 2 is 2.15 bits per heavy atom. The Hall–Kier alpha value is -1.70. The summed E-state index contributed by atoms with van der Waals surface area (Å²) < 4.78 is 7.35. The van der Waals surface area contributed by atoms with Crippen LogP contribution in [-0.2, 0) is 23.0 Å². The SMILES string of the molecule is Cc1nn(C)c(C)c1CCC(=O)NC[C@H](c1cccs1)N1CCOCC1. The molecule has 2 aromatic heterocycles. The lowest BCUT2D eigenvalue weighted by molar-refractivity contribution is -0.121. The summed E-state index contributed by atoms with van der Waals surface area (Å²) in [5.74, 6) is 0.0995. The Labute approximate surface area is 159 Å². The maximum atomic E-state index is 12.4. The molecule has 142 valence electrons. The Morgan fingerprint density at radius 1 is 1.38 bits per heavy atom. The predicted molar refractivity (Wildman–Crippen MR) is 103 cm³/mol. The maximum Gasteiger partial charge on any atom is 0.220 e. The van der Waals surface area contributed by atoms with Gasteiger partial charge in [-0.05, 0) is 37.3 Å². The van der Waals surface area contributed by atoms with Crippen molar-refractivity contribution in [1.82, 2.24) is 20.0 Å². The highest BCUT2D eigenvalue weighted by atomic mass is 32.1. The molecule has 0 unspecified atom stereocenters. The van der Waals surface area contributed by atoms with Crippen LogP contribution in [0.5, 0.6) is 0 Å². The molecule has 3 heterocycles. The molecule has 3 rings (SSSR count). The molecular formula is C19H28N4O2S. The van der Waals surface area contributed by atoms with Crippen LogP contribution in [0.15, 0.2) is 17.5 Å². The molecule has 0 saturated carbocycles. The van der Waals surface area contributed by atoms with Crippen molar-refractivity contribution in [2.75, 3.05) is 32.8 Å². The maximum absolute atomic E-state index is 12.4. The summed E-state index contributed by atoms with van der Waals surface area (Å²) in [5, 5.41) is 9.66. The highest BCUT2D eigenvalue weighted by Crippen LogP contribution is 2.25. The molecule has 7 heteroatoms. The van der Waals surface area contributed by atoms with E-state index in [1.165, 1.54) is 10.4 Å². The minimum atomic E-state index is 0.0995. The van der Waals surface area contributed by atoms with Crippen LogP contribution >= 0.6 is 11.3 Å². The Bertz CT molecular complexity index is 720. The largest absolute Gasteiger partial charge is 0.379 e. The average molecular weight is 377 g/mol. The summed E-state index contributed by atoms with van der Waals surface area (Å²) in [6.07, 6.45) is 1.23. The van der Waals surface area contributed by atoms with Crippen LogP contribution in [-0.4, -0.2) is 53.4 Å². The van der Waals surface area contributed by atoms with Crippen LogP contribution < -0.4 is 5.32 Å². The zero-order valence-corrected chi connectivity index (χ0v) is 16.6. The number of carbonyl (C=O) groups excluding carboxylic acids is 1. The highest BCUT2D eigenvalue weighted by molar-refractivity contribution is 7.10. The lowest BCUT2D eigenvalue weighted by Gasteiger charge is -2.34. The van der Waals surface area contributed by atoms with Gasteiger partial charge in [0.1, 0.15) is 0 Å². The fourth-order valence-corrected chi connectivity index (χ4v) is 4.36. The predicted octanol–water partition coefficient (Wildman–Crippen LogP) is 2.22. The summed E-state index contributed by atoms with van der Waals surface area (Å²) in [4.78, 5) is 16.1. The van der Waals surface area contributed by atoms with Gasteiger partial charge in [0.2, 0.25) is 5.91 Å². The number of amides is 1. The molecule has 1 N–H and O–H groups in total. The number of aromatic nitrogens is 2.